The summed E-state index contributed by atoms with van der Waals surface area (Å²) in [4.78, 5) is 24.5. The molecule has 1 amide bonds. The van der Waals surface area contributed by atoms with Crippen molar-refractivity contribution < 1.29 is 4.79 Å². The number of hydrogen-bond donors (Lipinski definition) is 1. The van der Waals surface area contributed by atoms with Crippen LogP contribution in [0.3, 0.4) is 0 Å². The highest BCUT2D eigenvalue weighted by Gasteiger charge is 2.18. The van der Waals surface area contributed by atoms with Gasteiger partial charge in [-0.2, -0.15) is 0 Å². The first-order valence-electron chi connectivity index (χ1n) is 8.76. The molecule has 5 nitrogen and oxygen atoms in total. The Kier molecular flexibility index (Phi) is 6.37. The first-order chi connectivity index (χ1) is 11.8. The number of hydrogen-bond acceptors (Lipinski definition) is 3. The fraction of sp³-hybridized carbons (Fsp3) is 0.500. The number of imidazole rings is 1. The van der Waals surface area contributed by atoms with Crippen LogP contribution in [-0.4, -0.2) is 52.9 Å². The van der Waals surface area contributed by atoms with Crippen molar-refractivity contribution in [3.05, 3.63) is 52.1 Å². The second-order valence-electron chi connectivity index (χ2n) is 7.15. The number of carbonyl (C=O) groups is 1. The molecule has 1 aromatic heterocycles. The van der Waals surface area contributed by atoms with Crippen LogP contribution in [0.4, 0.5) is 0 Å². The lowest BCUT2D eigenvalue weighted by atomic mass is 9.97. The maximum atomic E-state index is 13.0. The lowest BCUT2D eigenvalue weighted by Gasteiger charge is -2.25. The first-order valence-corrected chi connectivity index (χ1v) is 8.76. The van der Waals surface area contributed by atoms with Gasteiger partial charge in [0.1, 0.15) is 0 Å². The first kappa shape index (κ1) is 19.2. The molecule has 0 saturated heterocycles. The molecule has 1 aromatic carbocycles. The van der Waals surface area contributed by atoms with E-state index in [1.54, 1.807) is 6.33 Å². The fourth-order valence-electron chi connectivity index (χ4n) is 3.09. The summed E-state index contributed by atoms with van der Waals surface area (Å²) >= 11 is 0. The summed E-state index contributed by atoms with van der Waals surface area (Å²) in [6.45, 7) is 10.3. The maximum Gasteiger partial charge on any atom is 0.227 e. The minimum atomic E-state index is 0.152. The molecule has 2 rings (SSSR count). The predicted molar refractivity (Wildman–Crippen MR) is 102 cm³/mol. The summed E-state index contributed by atoms with van der Waals surface area (Å²) in [6.07, 6.45) is 2.13. The minimum Gasteiger partial charge on any atom is -0.348 e. The molecule has 0 aliphatic rings. The lowest BCUT2D eigenvalue weighted by molar-refractivity contribution is -0.131. The van der Waals surface area contributed by atoms with Gasteiger partial charge in [-0.25, -0.2) is 4.98 Å². The Morgan fingerprint density at radius 3 is 2.24 bits per heavy atom. The average molecular weight is 342 g/mol. The van der Waals surface area contributed by atoms with Crippen molar-refractivity contribution >= 4 is 5.91 Å². The van der Waals surface area contributed by atoms with Gasteiger partial charge < -0.3 is 14.8 Å². The minimum absolute atomic E-state index is 0.152. The molecule has 0 spiro atoms. The lowest BCUT2D eigenvalue weighted by Crippen LogP contribution is -2.37. The highest BCUT2D eigenvalue weighted by Crippen LogP contribution is 2.18. The quantitative estimate of drug-likeness (QED) is 0.842. The van der Waals surface area contributed by atoms with E-state index in [4.69, 9.17) is 0 Å². The number of aromatic nitrogens is 2. The Bertz CT molecular complexity index is 710. The molecular weight excluding hydrogens is 312 g/mol. The molecular formula is C20H30N4O. The third-order valence-corrected chi connectivity index (χ3v) is 4.61. The highest BCUT2D eigenvalue weighted by atomic mass is 16.2. The number of H-pyrrole nitrogens is 1. The van der Waals surface area contributed by atoms with E-state index in [0.29, 0.717) is 19.5 Å². The van der Waals surface area contributed by atoms with Crippen LogP contribution in [0.2, 0.25) is 0 Å². The number of amides is 1. The van der Waals surface area contributed by atoms with Gasteiger partial charge in [0.15, 0.2) is 0 Å². The topological polar surface area (TPSA) is 52.2 Å². The Hall–Kier alpha value is -2.14. The highest BCUT2D eigenvalue weighted by molar-refractivity contribution is 5.79. The van der Waals surface area contributed by atoms with E-state index in [0.717, 1.165) is 23.5 Å². The van der Waals surface area contributed by atoms with Gasteiger partial charge in [-0.1, -0.05) is 17.7 Å². The molecule has 1 heterocycles. The van der Waals surface area contributed by atoms with Crippen LogP contribution in [0, 0.1) is 27.7 Å². The van der Waals surface area contributed by atoms with E-state index in [2.05, 4.69) is 47.8 Å². The van der Waals surface area contributed by atoms with Gasteiger partial charge in [-0.3, -0.25) is 4.79 Å². The number of nitrogens with zero attached hydrogens (tertiary/aromatic N) is 3. The van der Waals surface area contributed by atoms with E-state index >= 15 is 0 Å². The van der Waals surface area contributed by atoms with Crippen LogP contribution in [0.25, 0.3) is 0 Å². The van der Waals surface area contributed by atoms with E-state index in [1.165, 1.54) is 16.7 Å². The molecule has 5 heteroatoms. The Labute approximate surface area is 151 Å². The van der Waals surface area contributed by atoms with Crippen molar-refractivity contribution in [1.82, 2.24) is 19.8 Å². The summed E-state index contributed by atoms with van der Waals surface area (Å²) in [5.74, 6) is 0.152. The average Bonchev–Trinajstić information content (AvgIpc) is 2.91. The smallest absolute Gasteiger partial charge is 0.227 e. The van der Waals surface area contributed by atoms with Crippen LogP contribution in [0.1, 0.15) is 33.6 Å². The summed E-state index contributed by atoms with van der Waals surface area (Å²) in [5.41, 5.74) is 6.71. The van der Waals surface area contributed by atoms with Gasteiger partial charge in [0.05, 0.1) is 25.0 Å². The number of aryl methyl sites for hydroxylation is 4. The molecule has 136 valence electrons. The van der Waals surface area contributed by atoms with Crippen molar-refractivity contribution in [1.29, 1.82) is 0 Å². The third kappa shape index (κ3) is 5.16. The van der Waals surface area contributed by atoms with Crippen LogP contribution >= 0.6 is 0 Å². The largest absolute Gasteiger partial charge is 0.348 e. The summed E-state index contributed by atoms with van der Waals surface area (Å²) in [6, 6.07) is 4.30. The van der Waals surface area contributed by atoms with Gasteiger partial charge in [-0.15, -0.1) is 0 Å². The summed E-state index contributed by atoms with van der Waals surface area (Å²) in [5, 5.41) is 0. The van der Waals surface area contributed by atoms with Gasteiger partial charge in [0.25, 0.3) is 0 Å². The summed E-state index contributed by atoms with van der Waals surface area (Å²) in [7, 11) is 4.05. The Balaban J connectivity index is 2.18. The van der Waals surface area contributed by atoms with Gasteiger partial charge in [-0.05, 0) is 58.5 Å². The van der Waals surface area contributed by atoms with Crippen LogP contribution in [0.15, 0.2) is 18.5 Å². The Morgan fingerprint density at radius 1 is 1.08 bits per heavy atom. The maximum absolute atomic E-state index is 13.0. The number of aromatic amines is 1. The van der Waals surface area contributed by atoms with E-state index < -0.39 is 0 Å². The molecule has 0 fully saturated rings. The standard InChI is InChI=1S/C20H30N4O/c1-14-9-15(2)18(16(3)10-14)11-20(25)24(8-7-23(5)6)12-19-17(4)21-13-22-19/h9-10,13H,7-8,11-12H2,1-6H3,(H,21,22). The molecule has 0 aliphatic heterocycles. The van der Waals surface area contributed by atoms with Crippen molar-refractivity contribution in [2.45, 2.75) is 40.7 Å². The monoisotopic (exact) mass is 342 g/mol. The molecule has 25 heavy (non-hydrogen) atoms. The molecule has 0 aliphatic carbocycles. The third-order valence-electron chi connectivity index (χ3n) is 4.61. The van der Waals surface area contributed by atoms with Gasteiger partial charge in [0.2, 0.25) is 5.91 Å². The second-order valence-corrected chi connectivity index (χ2v) is 7.15. The van der Waals surface area contributed by atoms with Crippen molar-refractivity contribution in [2.75, 3.05) is 27.2 Å². The van der Waals surface area contributed by atoms with Crippen LogP contribution in [-0.2, 0) is 17.8 Å². The number of likely N-dealkylation sites (N-methyl/N-ethyl adjacent to an activating group) is 1. The zero-order valence-electron chi connectivity index (χ0n) is 16.3. The predicted octanol–water partition coefficient (Wildman–Crippen LogP) is 2.78. The van der Waals surface area contributed by atoms with E-state index in [-0.39, 0.29) is 5.91 Å². The van der Waals surface area contributed by atoms with Crippen LogP contribution < -0.4 is 0 Å². The van der Waals surface area contributed by atoms with Gasteiger partial charge >= 0.3 is 0 Å². The van der Waals surface area contributed by atoms with E-state index in [1.807, 2.05) is 25.9 Å². The van der Waals surface area contributed by atoms with Gasteiger partial charge in [0, 0.05) is 18.8 Å². The molecule has 0 saturated carbocycles. The number of rotatable bonds is 7. The zero-order chi connectivity index (χ0) is 18.6. The molecule has 0 radical (unpaired) electrons. The Morgan fingerprint density at radius 2 is 1.72 bits per heavy atom. The number of benzene rings is 1. The SMILES string of the molecule is Cc1cc(C)c(CC(=O)N(CCN(C)C)Cc2nc[nH]c2C)c(C)c1. The zero-order valence-corrected chi connectivity index (χ0v) is 16.3. The van der Waals surface area contributed by atoms with E-state index in [9.17, 15) is 4.79 Å². The molecule has 0 unspecified atom stereocenters. The summed E-state index contributed by atoms with van der Waals surface area (Å²) < 4.78 is 0. The molecule has 0 bridgehead atoms. The normalized spacial score (nSPS) is 11.2. The van der Waals surface area contributed by atoms with Crippen molar-refractivity contribution in [2.24, 2.45) is 0 Å². The van der Waals surface area contributed by atoms with Crippen molar-refractivity contribution in [3.63, 3.8) is 0 Å². The van der Waals surface area contributed by atoms with Crippen molar-refractivity contribution in [3.8, 4) is 0 Å². The molecule has 0 atom stereocenters. The van der Waals surface area contributed by atoms with Crippen LogP contribution in [0.5, 0.6) is 0 Å². The number of nitrogens with one attached hydrogen (secondary N) is 1. The molecule has 1 N–H and O–H groups in total. The second kappa shape index (κ2) is 8.30. The molecule has 2 aromatic rings. The number of carbonyl (C=O) groups excluding carboxylic acids is 1. The fourth-order valence-corrected chi connectivity index (χ4v) is 3.09.